The third kappa shape index (κ3) is 10.3. The molecule has 17 heteroatoms. The standard InChI is InChI=1S/C25H26F2N8O4S.C2H6O.CH4O/c26-18-7-8-21(27)32-22(18)23-19(13-35(33-23)17-5-2-1-3-6-17)30-24(37)20-14-40-25(31-20)16-11-28-34(12-16)15-38-39-29-9-4-10-36;1-2-3;1-2/h7-8,10-14,17,29H,1-6,9,15H2,(H,30,37);3H,2H2,1H3;2H,1H3. The van der Waals surface area contributed by atoms with E-state index < -0.39 is 17.7 Å². The fourth-order valence-corrected chi connectivity index (χ4v) is 5.07. The maximum Gasteiger partial charge on any atom is 0.275 e. The third-order valence-corrected chi connectivity index (χ3v) is 7.14. The third-order valence-electron chi connectivity index (χ3n) is 6.25. The zero-order valence-electron chi connectivity index (χ0n) is 24.9. The molecule has 14 nitrogen and oxygen atoms in total. The molecule has 4 N–H and O–H groups in total. The van der Waals surface area contributed by atoms with Crippen LogP contribution in [0.15, 0.2) is 36.1 Å². The van der Waals surface area contributed by atoms with Crippen LogP contribution in [-0.4, -0.2) is 72.2 Å². The van der Waals surface area contributed by atoms with E-state index in [1.807, 2.05) is 0 Å². The number of aliphatic hydroxyl groups is 2. The van der Waals surface area contributed by atoms with Gasteiger partial charge in [-0.3, -0.25) is 9.48 Å². The Morgan fingerprint density at radius 1 is 1.16 bits per heavy atom. The zero-order chi connectivity index (χ0) is 32.6. The Balaban J connectivity index is 0.00000104. The van der Waals surface area contributed by atoms with Gasteiger partial charge in [-0.05, 0) is 31.9 Å². The van der Waals surface area contributed by atoms with Crippen LogP contribution >= 0.6 is 11.3 Å². The van der Waals surface area contributed by atoms with Crippen LogP contribution in [0.3, 0.4) is 0 Å². The molecule has 1 amide bonds. The van der Waals surface area contributed by atoms with Crippen molar-refractivity contribution in [3.05, 3.63) is 53.6 Å². The van der Waals surface area contributed by atoms with Crippen LogP contribution < -0.4 is 10.8 Å². The second-order valence-corrected chi connectivity index (χ2v) is 10.2. The Kier molecular flexibility index (Phi) is 14.8. The van der Waals surface area contributed by atoms with Gasteiger partial charge in [0.05, 0.1) is 17.9 Å². The number of rotatable bonds is 12. The summed E-state index contributed by atoms with van der Waals surface area (Å²) < 4.78 is 31.7. The number of halogens is 2. The molecular weight excluding hydrogens is 614 g/mol. The largest absolute Gasteiger partial charge is 0.400 e. The van der Waals surface area contributed by atoms with Crippen LogP contribution in [0.25, 0.3) is 22.0 Å². The van der Waals surface area contributed by atoms with E-state index in [1.54, 1.807) is 35.6 Å². The first kappa shape index (κ1) is 35.5. The van der Waals surface area contributed by atoms with Crippen LogP contribution in [0, 0.1) is 11.8 Å². The molecular formula is C28H36F2N8O6S. The van der Waals surface area contributed by atoms with E-state index in [2.05, 4.69) is 31.0 Å². The van der Waals surface area contributed by atoms with Crippen molar-refractivity contribution in [2.24, 2.45) is 0 Å². The number of nitrogens with one attached hydrogen (secondary N) is 2. The van der Waals surface area contributed by atoms with Crippen molar-refractivity contribution >= 4 is 29.2 Å². The highest BCUT2D eigenvalue weighted by Gasteiger charge is 2.24. The van der Waals surface area contributed by atoms with Crippen LogP contribution in [0.1, 0.15) is 62.0 Å². The molecule has 4 aromatic rings. The molecule has 0 spiro atoms. The normalized spacial score (nSPS) is 12.9. The molecule has 1 fully saturated rings. The first-order valence-corrected chi connectivity index (χ1v) is 15.0. The fraction of sp³-hybridized carbons (Fsp3) is 0.429. The van der Waals surface area contributed by atoms with Crippen LogP contribution in [0.5, 0.6) is 0 Å². The number of aliphatic hydroxyl groups excluding tert-OH is 2. The number of pyridine rings is 1. The minimum Gasteiger partial charge on any atom is -0.400 e. The van der Waals surface area contributed by atoms with E-state index in [-0.39, 0.29) is 48.6 Å². The second kappa shape index (κ2) is 18.7. The van der Waals surface area contributed by atoms with Gasteiger partial charge in [0.15, 0.2) is 12.5 Å². The maximum absolute atomic E-state index is 14.6. The highest BCUT2D eigenvalue weighted by molar-refractivity contribution is 7.13. The molecule has 4 aromatic heterocycles. The molecule has 1 aliphatic rings. The molecule has 4 heterocycles. The first-order chi connectivity index (χ1) is 21.9. The average Bonchev–Trinajstić information content (AvgIpc) is 3.82. The zero-order valence-corrected chi connectivity index (χ0v) is 25.7. The molecule has 0 aliphatic heterocycles. The highest BCUT2D eigenvalue weighted by atomic mass is 32.1. The molecule has 1 saturated carbocycles. The minimum atomic E-state index is -0.850. The smallest absolute Gasteiger partial charge is 0.275 e. The number of aromatic nitrogens is 6. The quantitative estimate of drug-likeness (QED) is 0.0574. The Labute approximate surface area is 261 Å². The average molecular weight is 651 g/mol. The van der Waals surface area contributed by atoms with Crippen molar-refractivity contribution in [3.8, 4) is 22.0 Å². The lowest BCUT2D eigenvalue weighted by Gasteiger charge is -2.21. The van der Waals surface area contributed by atoms with Crippen molar-refractivity contribution in [1.29, 1.82) is 0 Å². The number of carbonyl (C=O) groups is 2. The van der Waals surface area contributed by atoms with Crippen molar-refractivity contribution < 1.29 is 38.5 Å². The molecule has 244 valence electrons. The lowest BCUT2D eigenvalue weighted by molar-refractivity contribution is -0.357. The summed E-state index contributed by atoms with van der Waals surface area (Å²) in [7, 11) is 1.00. The molecule has 0 aromatic carbocycles. The van der Waals surface area contributed by atoms with E-state index in [0.717, 1.165) is 57.6 Å². The predicted molar refractivity (Wildman–Crippen MR) is 161 cm³/mol. The summed E-state index contributed by atoms with van der Waals surface area (Å²) in [6.07, 6.45) is 11.0. The van der Waals surface area contributed by atoms with Gasteiger partial charge in [-0.15, -0.1) is 16.3 Å². The maximum atomic E-state index is 14.6. The van der Waals surface area contributed by atoms with Crippen molar-refractivity contribution in [2.45, 2.75) is 58.2 Å². The monoisotopic (exact) mass is 650 g/mol. The molecule has 1 aliphatic carbocycles. The summed E-state index contributed by atoms with van der Waals surface area (Å²) in [5.74, 6) is -2.13. The van der Waals surface area contributed by atoms with Gasteiger partial charge in [-0.25, -0.2) is 19.0 Å². The van der Waals surface area contributed by atoms with Gasteiger partial charge < -0.3 is 20.3 Å². The van der Waals surface area contributed by atoms with Gasteiger partial charge in [-0.1, -0.05) is 19.3 Å². The fourth-order valence-electron chi connectivity index (χ4n) is 4.30. The molecule has 0 unspecified atom stereocenters. The van der Waals surface area contributed by atoms with Crippen LogP contribution in [-0.2, 0) is 21.4 Å². The number of thiazole rings is 1. The van der Waals surface area contributed by atoms with Crippen molar-refractivity contribution in [3.63, 3.8) is 0 Å². The molecule has 45 heavy (non-hydrogen) atoms. The van der Waals surface area contributed by atoms with E-state index in [0.29, 0.717) is 17.1 Å². The highest BCUT2D eigenvalue weighted by Crippen LogP contribution is 2.34. The van der Waals surface area contributed by atoms with E-state index in [1.165, 1.54) is 16.0 Å². The number of aldehydes is 1. The summed E-state index contributed by atoms with van der Waals surface area (Å²) >= 11 is 1.24. The van der Waals surface area contributed by atoms with Gasteiger partial charge in [0, 0.05) is 50.0 Å². The number of carbonyl (C=O) groups excluding carboxylic acids is 2. The van der Waals surface area contributed by atoms with E-state index in [9.17, 15) is 18.4 Å². The Bertz CT molecular complexity index is 1490. The number of hydrogen-bond donors (Lipinski definition) is 4. The number of hydroxylamine groups is 1. The molecule has 0 radical (unpaired) electrons. The Morgan fingerprint density at radius 3 is 2.64 bits per heavy atom. The van der Waals surface area contributed by atoms with Crippen LogP contribution in [0.4, 0.5) is 14.5 Å². The summed E-state index contributed by atoms with van der Waals surface area (Å²) in [5.41, 5.74) is 3.25. The molecule has 0 bridgehead atoms. The first-order valence-electron chi connectivity index (χ1n) is 14.1. The summed E-state index contributed by atoms with van der Waals surface area (Å²) in [6.45, 7) is 2.22. The summed E-state index contributed by atoms with van der Waals surface area (Å²) in [6, 6.07) is 2.01. The van der Waals surface area contributed by atoms with Gasteiger partial charge in [0.1, 0.15) is 28.4 Å². The van der Waals surface area contributed by atoms with Gasteiger partial charge >= 0.3 is 0 Å². The number of nitrogens with zero attached hydrogens (tertiary/aromatic N) is 6. The Hall–Kier alpha value is -4.00. The van der Waals surface area contributed by atoms with E-state index in [4.69, 9.17) is 20.1 Å². The van der Waals surface area contributed by atoms with Crippen molar-refractivity contribution in [1.82, 2.24) is 35.0 Å². The Morgan fingerprint density at radius 2 is 1.91 bits per heavy atom. The number of amides is 1. The predicted octanol–water partition coefficient (Wildman–Crippen LogP) is 3.91. The molecule has 5 rings (SSSR count). The van der Waals surface area contributed by atoms with Crippen molar-refractivity contribution in [2.75, 3.05) is 25.6 Å². The van der Waals surface area contributed by atoms with Gasteiger partial charge in [-0.2, -0.15) is 25.0 Å². The van der Waals surface area contributed by atoms with Gasteiger partial charge in [0.25, 0.3) is 5.91 Å². The minimum absolute atomic E-state index is 0.0226. The molecule has 0 atom stereocenters. The number of anilines is 1. The lowest BCUT2D eigenvalue weighted by Crippen LogP contribution is -2.18. The van der Waals surface area contributed by atoms with Crippen LogP contribution in [0.2, 0.25) is 0 Å². The lowest BCUT2D eigenvalue weighted by atomic mass is 9.96. The SMILES string of the molecule is CCO.CO.O=CCCNOOCn1cc(-c2nc(C(=O)Nc3cn(C4CCCCC4)nc3-c3nc(F)ccc3F)cs2)cn1. The van der Waals surface area contributed by atoms with Gasteiger partial charge in [0.2, 0.25) is 5.95 Å². The summed E-state index contributed by atoms with van der Waals surface area (Å²) in [5, 5.41) is 28.1. The number of hydrogen-bond acceptors (Lipinski definition) is 12. The molecule has 0 saturated heterocycles. The summed E-state index contributed by atoms with van der Waals surface area (Å²) in [4.78, 5) is 41.3. The second-order valence-electron chi connectivity index (χ2n) is 9.38. The van der Waals surface area contributed by atoms with E-state index >= 15 is 0 Å². The topological polar surface area (TPSA) is 179 Å².